The fraction of sp³-hybridized carbons (Fsp3) is 0.182. The third-order valence-electron chi connectivity index (χ3n) is 1.11. The van der Waals surface area contributed by atoms with Crippen LogP contribution < -0.4 is 11.5 Å². The van der Waals surface area contributed by atoms with Crippen molar-refractivity contribution < 1.29 is 24.6 Å². The van der Waals surface area contributed by atoms with E-state index >= 15 is 0 Å². The molecule has 7 heteroatoms. The first kappa shape index (κ1) is 17.8. The van der Waals surface area contributed by atoms with Crippen molar-refractivity contribution in [1.29, 1.82) is 0 Å². The summed E-state index contributed by atoms with van der Waals surface area (Å²) in [7, 11) is 0. The summed E-state index contributed by atoms with van der Waals surface area (Å²) in [4.78, 5) is 28.7. The number of aromatic carboxylic acids is 1. The van der Waals surface area contributed by atoms with Gasteiger partial charge < -0.3 is 21.7 Å². The Morgan fingerprint density at radius 2 is 1.22 bits per heavy atom. The van der Waals surface area contributed by atoms with Gasteiger partial charge in [0.05, 0.1) is 5.56 Å². The number of benzene rings is 1. The van der Waals surface area contributed by atoms with E-state index in [4.69, 9.17) is 10.2 Å². The van der Waals surface area contributed by atoms with Gasteiger partial charge in [-0.25, -0.2) is 4.79 Å². The Balaban J connectivity index is 0. The summed E-state index contributed by atoms with van der Waals surface area (Å²) in [6, 6.07) is 5.36. The Bertz CT molecular complexity index is 380. The molecule has 1 aromatic rings. The summed E-state index contributed by atoms with van der Waals surface area (Å²) in [6.07, 6.45) is 0. The number of carboxylic acids is 1. The molecule has 2 amide bonds. The van der Waals surface area contributed by atoms with E-state index in [2.05, 4.69) is 11.5 Å². The summed E-state index contributed by atoms with van der Waals surface area (Å²) in [5, 5.41) is 17.1. The van der Waals surface area contributed by atoms with Crippen LogP contribution in [-0.4, -0.2) is 28.0 Å². The number of hydrogen-bond acceptors (Lipinski definition) is 4. The molecule has 0 unspecified atom stereocenters. The monoisotopic (exact) mass is 256 g/mol. The van der Waals surface area contributed by atoms with Crippen molar-refractivity contribution in [2.24, 2.45) is 11.5 Å². The number of primary amides is 2. The smallest absolute Gasteiger partial charge is 0.335 e. The number of phenols is 1. The van der Waals surface area contributed by atoms with Gasteiger partial charge in [-0.05, 0) is 24.3 Å². The number of amides is 2. The Labute approximate surface area is 104 Å². The quantitative estimate of drug-likeness (QED) is 0.562. The van der Waals surface area contributed by atoms with Crippen LogP contribution in [0.4, 0.5) is 0 Å². The van der Waals surface area contributed by atoms with Crippen LogP contribution >= 0.6 is 0 Å². The van der Waals surface area contributed by atoms with Crippen molar-refractivity contribution in [2.75, 3.05) is 0 Å². The molecule has 0 heterocycles. The van der Waals surface area contributed by atoms with Crippen LogP contribution in [-0.2, 0) is 9.59 Å². The molecule has 0 atom stereocenters. The van der Waals surface area contributed by atoms with E-state index in [0.29, 0.717) is 0 Å². The molecule has 6 N–H and O–H groups in total. The zero-order valence-electron chi connectivity index (χ0n) is 10.1. The normalized spacial score (nSPS) is 7.89. The van der Waals surface area contributed by atoms with Crippen LogP contribution in [0.15, 0.2) is 24.3 Å². The molecule has 0 aliphatic heterocycles. The molecule has 100 valence electrons. The van der Waals surface area contributed by atoms with Gasteiger partial charge >= 0.3 is 5.97 Å². The van der Waals surface area contributed by atoms with E-state index in [1.807, 2.05) is 0 Å². The summed E-state index contributed by atoms with van der Waals surface area (Å²) in [6.45, 7) is 2.61. The third kappa shape index (κ3) is 15.9. The molecule has 1 aromatic carbocycles. The highest BCUT2D eigenvalue weighted by Crippen LogP contribution is 2.08. The molecule has 0 fully saturated rings. The average molecular weight is 256 g/mol. The topological polar surface area (TPSA) is 144 Å². The fourth-order valence-electron chi connectivity index (χ4n) is 0.604. The first-order valence-electron chi connectivity index (χ1n) is 4.71. The van der Waals surface area contributed by atoms with Crippen molar-refractivity contribution in [3.05, 3.63) is 29.8 Å². The molecule has 0 spiro atoms. The Morgan fingerprint density at radius 3 is 1.44 bits per heavy atom. The molecule has 0 saturated carbocycles. The van der Waals surface area contributed by atoms with Crippen molar-refractivity contribution >= 4 is 17.8 Å². The summed E-state index contributed by atoms with van der Waals surface area (Å²) < 4.78 is 0. The van der Waals surface area contributed by atoms with Gasteiger partial charge in [-0.15, -0.1) is 0 Å². The van der Waals surface area contributed by atoms with Gasteiger partial charge in [-0.3, -0.25) is 9.59 Å². The number of carbonyl (C=O) groups excluding carboxylic acids is 2. The number of aromatic hydroxyl groups is 1. The van der Waals surface area contributed by atoms with Crippen LogP contribution in [0.25, 0.3) is 0 Å². The molecule has 18 heavy (non-hydrogen) atoms. The number of nitrogens with two attached hydrogens (primary N) is 2. The SMILES string of the molecule is CC(N)=O.CC(N)=O.O=C(O)c1ccc(O)cc1. The molecule has 0 radical (unpaired) electrons. The van der Waals surface area contributed by atoms with Gasteiger partial charge in [-0.2, -0.15) is 0 Å². The van der Waals surface area contributed by atoms with Crippen LogP contribution in [0, 0.1) is 0 Å². The van der Waals surface area contributed by atoms with Gasteiger partial charge in [0.15, 0.2) is 0 Å². The maximum Gasteiger partial charge on any atom is 0.335 e. The van der Waals surface area contributed by atoms with Crippen molar-refractivity contribution in [1.82, 2.24) is 0 Å². The second-order valence-corrected chi connectivity index (χ2v) is 3.07. The van der Waals surface area contributed by atoms with Crippen LogP contribution in [0.1, 0.15) is 24.2 Å². The predicted octanol–water partition coefficient (Wildman–Crippen LogP) is 0.0736. The number of carbonyl (C=O) groups is 3. The maximum atomic E-state index is 10.2. The molecule has 0 aliphatic carbocycles. The summed E-state index contributed by atoms with van der Waals surface area (Å²) >= 11 is 0. The summed E-state index contributed by atoms with van der Waals surface area (Å²) in [5.74, 6) is -1.58. The minimum Gasteiger partial charge on any atom is -0.508 e. The van der Waals surface area contributed by atoms with Crippen LogP contribution in [0.2, 0.25) is 0 Å². The molecule has 1 rings (SSSR count). The van der Waals surface area contributed by atoms with E-state index in [-0.39, 0.29) is 23.1 Å². The molecule has 0 bridgehead atoms. The largest absolute Gasteiger partial charge is 0.508 e. The van der Waals surface area contributed by atoms with E-state index in [1.165, 1.54) is 38.1 Å². The lowest BCUT2D eigenvalue weighted by Gasteiger charge is -1.92. The molecular weight excluding hydrogens is 240 g/mol. The van der Waals surface area contributed by atoms with Crippen LogP contribution in [0.5, 0.6) is 5.75 Å². The zero-order valence-corrected chi connectivity index (χ0v) is 10.1. The molecule has 0 aromatic heterocycles. The number of hydrogen-bond donors (Lipinski definition) is 4. The van der Waals surface area contributed by atoms with Gasteiger partial charge in [0.1, 0.15) is 5.75 Å². The van der Waals surface area contributed by atoms with E-state index in [9.17, 15) is 14.4 Å². The van der Waals surface area contributed by atoms with E-state index in [1.54, 1.807) is 0 Å². The second kappa shape index (κ2) is 9.64. The highest BCUT2D eigenvalue weighted by molar-refractivity contribution is 5.87. The molecule has 7 nitrogen and oxygen atoms in total. The number of rotatable bonds is 1. The van der Waals surface area contributed by atoms with Gasteiger partial charge in [0.2, 0.25) is 11.8 Å². The second-order valence-electron chi connectivity index (χ2n) is 3.07. The van der Waals surface area contributed by atoms with Crippen LogP contribution in [0.3, 0.4) is 0 Å². The molecule has 0 saturated heterocycles. The lowest BCUT2D eigenvalue weighted by Crippen LogP contribution is -2.01. The standard InChI is InChI=1S/C7H6O3.2C2H5NO/c8-6-3-1-5(2-4-6)7(9)10;2*1-2(3)4/h1-4,8H,(H,9,10);2*1H3,(H2,3,4). The number of phenolic OH excluding ortho intramolecular Hbond substituents is 1. The lowest BCUT2D eigenvalue weighted by molar-refractivity contribution is -0.116. The fourth-order valence-corrected chi connectivity index (χ4v) is 0.604. The average Bonchev–Trinajstić information content (AvgIpc) is 2.16. The first-order valence-corrected chi connectivity index (χ1v) is 4.71. The molecular formula is C11H16N2O5. The third-order valence-corrected chi connectivity index (χ3v) is 1.11. The van der Waals surface area contributed by atoms with E-state index in [0.717, 1.165) is 0 Å². The van der Waals surface area contributed by atoms with Gasteiger partial charge in [0, 0.05) is 13.8 Å². The Hall–Kier alpha value is -2.57. The minimum absolute atomic E-state index is 0.0741. The highest BCUT2D eigenvalue weighted by Gasteiger charge is 1.99. The van der Waals surface area contributed by atoms with Gasteiger partial charge in [-0.1, -0.05) is 0 Å². The van der Waals surface area contributed by atoms with Gasteiger partial charge in [0.25, 0.3) is 0 Å². The lowest BCUT2D eigenvalue weighted by atomic mass is 10.2. The highest BCUT2D eigenvalue weighted by atomic mass is 16.4. The minimum atomic E-state index is -0.986. The predicted molar refractivity (Wildman–Crippen MR) is 64.8 cm³/mol. The van der Waals surface area contributed by atoms with Crippen molar-refractivity contribution in [3.8, 4) is 5.75 Å². The Kier molecular flexibility index (Phi) is 9.54. The zero-order chi connectivity index (χ0) is 14.7. The molecule has 0 aliphatic rings. The van der Waals surface area contributed by atoms with E-state index < -0.39 is 5.97 Å². The Morgan fingerprint density at radius 1 is 0.944 bits per heavy atom. The van der Waals surface area contributed by atoms with Crippen molar-refractivity contribution in [3.63, 3.8) is 0 Å². The summed E-state index contributed by atoms with van der Waals surface area (Å²) in [5.41, 5.74) is 9.12. The first-order chi connectivity index (χ1) is 8.16. The number of carboxylic acid groups (broad SMARTS) is 1. The van der Waals surface area contributed by atoms with Crippen molar-refractivity contribution in [2.45, 2.75) is 13.8 Å². The maximum absolute atomic E-state index is 10.2.